The third-order valence-corrected chi connectivity index (χ3v) is 4.64. The second-order valence-corrected chi connectivity index (χ2v) is 6.68. The van der Waals surface area contributed by atoms with Gasteiger partial charge in [0.05, 0.1) is 13.0 Å². The molecule has 4 heteroatoms. The highest BCUT2D eigenvalue weighted by Crippen LogP contribution is 2.12. The first-order chi connectivity index (χ1) is 11.1. The Hall–Kier alpha value is -1.32. The minimum atomic E-state index is -1.02. The van der Waals surface area contributed by atoms with Crippen LogP contribution in [-0.4, -0.2) is 10.5 Å². The lowest BCUT2D eigenvalue weighted by Gasteiger charge is -2.04. The van der Waals surface area contributed by atoms with Crippen molar-refractivity contribution in [2.75, 3.05) is 0 Å². The van der Waals surface area contributed by atoms with Crippen LogP contribution in [-0.2, 0) is 24.8 Å². The van der Waals surface area contributed by atoms with E-state index in [1.165, 1.54) is 57.8 Å². The molecule has 0 saturated carbocycles. The Morgan fingerprint density at radius 2 is 1.57 bits per heavy atom. The van der Waals surface area contributed by atoms with E-state index < -0.39 is 5.97 Å². The van der Waals surface area contributed by atoms with Gasteiger partial charge >= 0.3 is 0 Å². The topological polar surface area (TPSA) is 48.9 Å². The number of carboxylic acid groups (broad SMARTS) is 1. The molecule has 0 aliphatic heterocycles. The summed E-state index contributed by atoms with van der Waals surface area (Å²) < 4.78 is 3.91. The number of aryl methyl sites for hydroxylation is 1. The van der Waals surface area contributed by atoms with Gasteiger partial charge in [-0.25, -0.2) is 9.13 Å². The fourth-order valence-electron chi connectivity index (χ4n) is 3.14. The molecule has 0 aliphatic carbocycles. The van der Waals surface area contributed by atoms with Crippen molar-refractivity contribution >= 4 is 5.97 Å². The number of hydrogen-bond donors (Lipinski definition) is 0. The monoisotopic (exact) mass is 322 g/mol. The number of carbonyl (C=O) groups is 1. The van der Waals surface area contributed by atoms with E-state index in [1.54, 1.807) is 0 Å². The van der Waals surface area contributed by atoms with Crippen LogP contribution in [0.15, 0.2) is 6.20 Å². The molecule has 0 saturated heterocycles. The van der Waals surface area contributed by atoms with Gasteiger partial charge in [-0.15, -0.1) is 0 Å². The molecule has 23 heavy (non-hydrogen) atoms. The summed E-state index contributed by atoms with van der Waals surface area (Å²) in [5.41, 5.74) is 1.09. The van der Waals surface area contributed by atoms with Gasteiger partial charge in [0.25, 0.3) is 5.82 Å². The largest absolute Gasteiger partial charge is 0.546 e. The number of rotatable bonds is 13. The van der Waals surface area contributed by atoms with Crippen LogP contribution in [0.3, 0.4) is 0 Å². The van der Waals surface area contributed by atoms with E-state index in [2.05, 4.69) is 11.5 Å². The molecule has 0 amide bonds. The maximum Gasteiger partial charge on any atom is 0.256 e. The molecule has 0 atom stereocenters. The highest BCUT2D eigenvalue weighted by Gasteiger charge is 2.17. The first kappa shape index (κ1) is 19.7. The quantitative estimate of drug-likeness (QED) is 0.414. The van der Waals surface area contributed by atoms with Crippen molar-refractivity contribution in [3.63, 3.8) is 0 Å². The van der Waals surface area contributed by atoms with Crippen LogP contribution in [0, 0.1) is 6.92 Å². The van der Waals surface area contributed by atoms with Gasteiger partial charge in [0.1, 0.15) is 18.4 Å². The Kier molecular flexibility index (Phi) is 9.65. The third-order valence-electron chi connectivity index (χ3n) is 4.64. The normalized spacial score (nSPS) is 11.1. The van der Waals surface area contributed by atoms with Crippen LogP contribution < -0.4 is 9.67 Å². The maximum atomic E-state index is 10.8. The number of carbonyl (C=O) groups excluding carboxylic acids is 1. The van der Waals surface area contributed by atoms with E-state index in [4.69, 9.17) is 0 Å². The molecule has 4 nitrogen and oxygen atoms in total. The average Bonchev–Trinajstić information content (AvgIpc) is 2.75. The molecular formula is C19H34N2O2. The fourth-order valence-corrected chi connectivity index (χ4v) is 3.14. The van der Waals surface area contributed by atoms with Crippen molar-refractivity contribution in [1.29, 1.82) is 0 Å². The number of unbranched alkanes of at least 4 members (excludes halogenated alkanes) is 9. The number of carboxylic acids is 1. The van der Waals surface area contributed by atoms with Gasteiger partial charge in [-0.1, -0.05) is 64.7 Å². The number of hydrogen-bond acceptors (Lipinski definition) is 2. The smallest absolute Gasteiger partial charge is 0.256 e. The Balaban J connectivity index is 2.19. The number of imidazole rings is 1. The van der Waals surface area contributed by atoms with Crippen molar-refractivity contribution in [2.24, 2.45) is 7.05 Å². The summed E-state index contributed by atoms with van der Waals surface area (Å²) in [6, 6.07) is 0. The number of nitrogens with zero attached hydrogens (tertiary/aromatic N) is 2. The lowest BCUT2D eigenvalue weighted by atomic mass is 10.1. The summed E-state index contributed by atoms with van der Waals surface area (Å²) in [4.78, 5) is 10.8. The summed E-state index contributed by atoms with van der Waals surface area (Å²) in [5, 5.41) is 10.8. The second-order valence-electron chi connectivity index (χ2n) is 6.68. The van der Waals surface area contributed by atoms with E-state index in [0.717, 1.165) is 24.4 Å². The summed E-state index contributed by atoms with van der Waals surface area (Å²) in [5.74, 6) is 0.0659. The van der Waals surface area contributed by atoms with E-state index in [0.29, 0.717) is 0 Å². The Bertz CT molecular complexity index is 466. The van der Waals surface area contributed by atoms with Gasteiger partial charge in [-0.3, -0.25) is 0 Å². The fraction of sp³-hybridized carbons (Fsp3) is 0.789. The molecule has 0 aromatic carbocycles. The van der Waals surface area contributed by atoms with E-state index >= 15 is 0 Å². The predicted molar refractivity (Wildman–Crippen MR) is 90.9 cm³/mol. The molecule has 1 rings (SSSR count). The first-order valence-electron chi connectivity index (χ1n) is 9.30. The van der Waals surface area contributed by atoms with E-state index in [-0.39, 0.29) is 6.54 Å². The Morgan fingerprint density at radius 1 is 1.04 bits per heavy atom. The van der Waals surface area contributed by atoms with Gasteiger partial charge in [0.2, 0.25) is 0 Å². The molecular weight excluding hydrogens is 288 g/mol. The van der Waals surface area contributed by atoms with Crippen molar-refractivity contribution < 1.29 is 14.5 Å². The first-order valence-corrected chi connectivity index (χ1v) is 9.30. The minimum Gasteiger partial charge on any atom is -0.546 e. The van der Waals surface area contributed by atoms with Crippen molar-refractivity contribution in [2.45, 2.75) is 91.0 Å². The maximum absolute atomic E-state index is 10.8. The van der Waals surface area contributed by atoms with Crippen LogP contribution in [0.4, 0.5) is 0 Å². The molecule has 0 fully saturated rings. The predicted octanol–water partition coefficient (Wildman–Crippen LogP) is 2.83. The molecule has 0 spiro atoms. The lowest BCUT2D eigenvalue weighted by Crippen LogP contribution is -2.45. The van der Waals surface area contributed by atoms with E-state index in [1.807, 2.05) is 24.7 Å². The summed E-state index contributed by atoms with van der Waals surface area (Å²) in [6.45, 7) is 4.22. The average molecular weight is 322 g/mol. The van der Waals surface area contributed by atoms with Crippen molar-refractivity contribution in [3.05, 3.63) is 17.7 Å². The van der Waals surface area contributed by atoms with Gasteiger partial charge in [0, 0.05) is 13.3 Å². The lowest BCUT2D eigenvalue weighted by molar-refractivity contribution is -0.697. The zero-order chi connectivity index (χ0) is 17.1. The van der Waals surface area contributed by atoms with Crippen LogP contribution in [0.5, 0.6) is 0 Å². The van der Waals surface area contributed by atoms with Crippen LogP contribution in [0.25, 0.3) is 0 Å². The standard InChI is InChI=1S/C19H34N2O2/c1-4-5-6-7-8-9-10-11-12-13-14-18-20(3)17(2)15-21(18)16-19(22)23/h15H,4-14,16H2,1-3H3. The number of aromatic nitrogens is 2. The summed E-state index contributed by atoms with van der Waals surface area (Å²) in [6.07, 6.45) is 16.0. The third kappa shape index (κ3) is 7.67. The molecule has 0 N–H and O–H groups in total. The zero-order valence-electron chi connectivity index (χ0n) is 15.3. The molecule has 1 aromatic rings. The molecule has 1 heterocycles. The molecule has 0 unspecified atom stereocenters. The molecule has 0 aliphatic rings. The van der Waals surface area contributed by atoms with Crippen LogP contribution in [0.2, 0.25) is 0 Å². The molecule has 132 valence electrons. The highest BCUT2D eigenvalue weighted by atomic mass is 16.4. The van der Waals surface area contributed by atoms with Gasteiger partial charge in [0.15, 0.2) is 0 Å². The zero-order valence-corrected chi connectivity index (χ0v) is 15.3. The molecule has 0 bridgehead atoms. The minimum absolute atomic E-state index is 0.0469. The molecule has 0 radical (unpaired) electrons. The summed E-state index contributed by atoms with van der Waals surface area (Å²) >= 11 is 0. The van der Waals surface area contributed by atoms with Gasteiger partial charge in [-0.2, -0.15) is 0 Å². The van der Waals surface area contributed by atoms with Crippen molar-refractivity contribution in [3.8, 4) is 0 Å². The van der Waals surface area contributed by atoms with Gasteiger partial charge < -0.3 is 9.90 Å². The van der Waals surface area contributed by atoms with Crippen LogP contribution in [0.1, 0.15) is 82.7 Å². The second kappa shape index (κ2) is 11.3. The summed E-state index contributed by atoms with van der Waals surface area (Å²) in [7, 11) is 2.01. The van der Waals surface area contributed by atoms with Crippen LogP contribution >= 0.6 is 0 Å². The Morgan fingerprint density at radius 3 is 2.09 bits per heavy atom. The highest BCUT2D eigenvalue weighted by molar-refractivity contribution is 5.62. The SMILES string of the molecule is CCCCCCCCCCCCc1n(C)c(C)c[n+]1CC(=O)[O-]. The number of aliphatic carboxylic acids is 1. The van der Waals surface area contributed by atoms with E-state index in [9.17, 15) is 9.90 Å². The van der Waals surface area contributed by atoms with Crippen molar-refractivity contribution in [1.82, 2.24) is 4.57 Å². The Labute approximate surface area is 141 Å². The van der Waals surface area contributed by atoms with Gasteiger partial charge in [-0.05, 0) is 6.42 Å². The molecule has 1 aromatic heterocycles.